The van der Waals surface area contributed by atoms with Crippen LogP contribution in [0.4, 0.5) is 0 Å². The van der Waals surface area contributed by atoms with Crippen molar-refractivity contribution in [1.82, 2.24) is 10.6 Å². The molecule has 3 rings (SSSR count). The Labute approximate surface area is 146 Å². The zero-order chi connectivity index (χ0) is 15.6. The van der Waals surface area contributed by atoms with Gasteiger partial charge in [0.1, 0.15) is 6.10 Å². The summed E-state index contributed by atoms with van der Waals surface area (Å²) in [6, 6.07) is 10.1. The van der Waals surface area contributed by atoms with Crippen LogP contribution in [0.15, 0.2) is 30.3 Å². The molecule has 0 radical (unpaired) electrons. The molecule has 1 amide bonds. The van der Waals surface area contributed by atoms with Gasteiger partial charge in [0.15, 0.2) is 0 Å². The number of aliphatic hydroxyl groups is 1. The van der Waals surface area contributed by atoms with Crippen LogP contribution in [0, 0.1) is 5.41 Å². The molecule has 2 aromatic rings. The van der Waals surface area contributed by atoms with Crippen molar-refractivity contribution in [1.29, 1.82) is 0 Å². The molecule has 0 spiro atoms. The van der Waals surface area contributed by atoms with Crippen LogP contribution in [0.3, 0.4) is 0 Å². The number of carbonyl (C=O) groups excluding carboxylic acids is 1. The van der Waals surface area contributed by atoms with Gasteiger partial charge in [-0.15, -0.1) is 23.7 Å². The van der Waals surface area contributed by atoms with Crippen molar-refractivity contribution in [2.75, 3.05) is 19.6 Å². The van der Waals surface area contributed by atoms with E-state index in [0.29, 0.717) is 6.54 Å². The van der Waals surface area contributed by atoms with Gasteiger partial charge in [0.05, 0.1) is 5.41 Å². The first-order valence-corrected chi connectivity index (χ1v) is 8.56. The van der Waals surface area contributed by atoms with Crippen molar-refractivity contribution in [3.05, 3.63) is 35.2 Å². The summed E-state index contributed by atoms with van der Waals surface area (Å²) in [5.74, 6) is 0.0276. The fraction of sp³-hybridized carbons (Fsp3) is 0.471. The van der Waals surface area contributed by atoms with Gasteiger partial charge in [0.25, 0.3) is 0 Å². The third-order valence-corrected chi connectivity index (χ3v) is 5.59. The van der Waals surface area contributed by atoms with Crippen molar-refractivity contribution in [3.63, 3.8) is 0 Å². The molecule has 0 aliphatic carbocycles. The molecule has 1 aliphatic rings. The number of hydrogen-bond donors (Lipinski definition) is 3. The summed E-state index contributed by atoms with van der Waals surface area (Å²) >= 11 is 1.58. The van der Waals surface area contributed by atoms with Crippen LogP contribution in [0.5, 0.6) is 0 Å². The summed E-state index contributed by atoms with van der Waals surface area (Å²) < 4.78 is 1.16. The summed E-state index contributed by atoms with van der Waals surface area (Å²) in [7, 11) is 0. The summed E-state index contributed by atoms with van der Waals surface area (Å²) in [6.45, 7) is 3.94. The number of amides is 1. The third-order valence-electron chi connectivity index (χ3n) is 4.37. The van der Waals surface area contributed by atoms with Gasteiger partial charge in [0, 0.05) is 22.7 Å². The standard InChI is InChI=1S/C17H22N2O2S.ClH/c1-17(7-4-8-18-11-17)16(21)19-10-13(20)15-9-12-5-2-3-6-14(12)22-15;/h2-3,5-6,9,13,18,20H,4,7-8,10-11H2,1H3,(H,19,21);1H. The number of thiophene rings is 1. The van der Waals surface area contributed by atoms with Crippen LogP contribution in [0.1, 0.15) is 30.7 Å². The minimum atomic E-state index is -0.651. The van der Waals surface area contributed by atoms with E-state index in [4.69, 9.17) is 0 Å². The molecule has 1 fully saturated rings. The molecule has 2 unspecified atom stereocenters. The quantitative estimate of drug-likeness (QED) is 0.791. The Bertz CT molecular complexity index is 634. The lowest BCUT2D eigenvalue weighted by atomic mass is 9.82. The molecule has 4 nitrogen and oxygen atoms in total. The number of nitrogens with one attached hydrogen (secondary N) is 2. The molecular formula is C17H23ClN2O2S. The minimum Gasteiger partial charge on any atom is -0.386 e. The highest BCUT2D eigenvalue weighted by molar-refractivity contribution is 7.19. The molecular weight excluding hydrogens is 332 g/mol. The van der Waals surface area contributed by atoms with Gasteiger partial charge >= 0.3 is 0 Å². The number of aliphatic hydroxyl groups excluding tert-OH is 1. The molecule has 1 aromatic heterocycles. The number of hydrogen-bond acceptors (Lipinski definition) is 4. The monoisotopic (exact) mass is 354 g/mol. The lowest BCUT2D eigenvalue weighted by Gasteiger charge is -2.32. The maximum Gasteiger partial charge on any atom is 0.227 e. The molecule has 0 saturated carbocycles. The minimum absolute atomic E-state index is 0. The van der Waals surface area contributed by atoms with Crippen molar-refractivity contribution in [2.45, 2.75) is 25.9 Å². The molecule has 2 heterocycles. The molecule has 1 aliphatic heterocycles. The second-order valence-corrected chi connectivity index (χ2v) is 7.37. The van der Waals surface area contributed by atoms with E-state index < -0.39 is 6.10 Å². The van der Waals surface area contributed by atoms with E-state index in [-0.39, 0.29) is 30.3 Å². The predicted octanol–water partition coefficient (Wildman–Crippen LogP) is 2.86. The van der Waals surface area contributed by atoms with Gasteiger partial charge in [-0.1, -0.05) is 18.2 Å². The molecule has 1 saturated heterocycles. The number of benzene rings is 1. The van der Waals surface area contributed by atoms with Gasteiger partial charge in [-0.05, 0) is 43.8 Å². The largest absolute Gasteiger partial charge is 0.386 e. The van der Waals surface area contributed by atoms with Crippen molar-refractivity contribution in [2.24, 2.45) is 5.41 Å². The Balaban J connectivity index is 0.00000192. The average molecular weight is 355 g/mol. The van der Waals surface area contributed by atoms with Crippen LogP contribution in [-0.2, 0) is 4.79 Å². The summed E-state index contributed by atoms with van der Waals surface area (Å²) in [4.78, 5) is 13.3. The van der Waals surface area contributed by atoms with E-state index in [2.05, 4.69) is 10.6 Å². The Morgan fingerprint density at radius 3 is 2.96 bits per heavy atom. The highest BCUT2D eigenvalue weighted by Gasteiger charge is 2.34. The second kappa shape index (κ2) is 7.62. The van der Waals surface area contributed by atoms with Gasteiger partial charge in [-0.3, -0.25) is 4.79 Å². The number of carbonyl (C=O) groups is 1. The number of fused-ring (bicyclic) bond motifs is 1. The molecule has 0 bridgehead atoms. The summed E-state index contributed by atoms with van der Waals surface area (Å²) in [5, 5.41) is 17.7. The Kier molecular flexibility index (Phi) is 6.03. The number of piperidine rings is 1. The van der Waals surface area contributed by atoms with Crippen molar-refractivity contribution in [3.8, 4) is 0 Å². The van der Waals surface area contributed by atoms with E-state index in [1.165, 1.54) is 0 Å². The second-order valence-electron chi connectivity index (χ2n) is 6.25. The smallest absolute Gasteiger partial charge is 0.227 e. The lowest BCUT2D eigenvalue weighted by molar-refractivity contribution is -0.131. The number of rotatable bonds is 4. The topological polar surface area (TPSA) is 61.4 Å². The Hall–Kier alpha value is -1.14. The van der Waals surface area contributed by atoms with E-state index in [1.807, 2.05) is 37.3 Å². The highest BCUT2D eigenvalue weighted by atomic mass is 35.5. The zero-order valence-electron chi connectivity index (χ0n) is 13.2. The normalized spacial score (nSPS) is 22.3. The molecule has 2 atom stereocenters. The average Bonchev–Trinajstić information content (AvgIpc) is 2.97. The summed E-state index contributed by atoms with van der Waals surface area (Å²) in [5.41, 5.74) is -0.363. The fourth-order valence-corrected chi connectivity index (χ4v) is 3.97. The van der Waals surface area contributed by atoms with Crippen LogP contribution in [0.2, 0.25) is 0 Å². The van der Waals surface area contributed by atoms with E-state index >= 15 is 0 Å². The predicted molar refractivity (Wildman–Crippen MR) is 97.3 cm³/mol. The van der Waals surface area contributed by atoms with E-state index in [1.54, 1.807) is 11.3 Å². The first-order chi connectivity index (χ1) is 10.6. The zero-order valence-corrected chi connectivity index (χ0v) is 14.8. The first kappa shape index (κ1) is 18.2. The van der Waals surface area contributed by atoms with Crippen LogP contribution < -0.4 is 10.6 Å². The fourth-order valence-electron chi connectivity index (χ4n) is 2.92. The molecule has 126 valence electrons. The molecule has 3 N–H and O–H groups in total. The Morgan fingerprint density at radius 2 is 2.26 bits per heavy atom. The van der Waals surface area contributed by atoms with Crippen LogP contribution in [-0.4, -0.2) is 30.6 Å². The maximum atomic E-state index is 12.4. The van der Waals surface area contributed by atoms with E-state index in [9.17, 15) is 9.90 Å². The van der Waals surface area contributed by atoms with Crippen LogP contribution >= 0.6 is 23.7 Å². The maximum absolute atomic E-state index is 12.4. The van der Waals surface area contributed by atoms with Crippen molar-refractivity contribution >= 4 is 39.7 Å². The SMILES string of the molecule is CC1(C(=O)NCC(O)c2cc3ccccc3s2)CCCNC1.Cl. The van der Waals surface area contributed by atoms with Crippen LogP contribution in [0.25, 0.3) is 10.1 Å². The Morgan fingerprint density at radius 1 is 1.48 bits per heavy atom. The molecule has 1 aromatic carbocycles. The van der Waals surface area contributed by atoms with Gasteiger partial charge in [-0.2, -0.15) is 0 Å². The van der Waals surface area contributed by atoms with Gasteiger partial charge in [-0.25, -0.2) is 0 Å². The first-order valence-electron chi connectivity index (χ1n) is 7.74. The molecule has 23 heavy (non-hydrogen) atoms. The third kappa shape index (κ3) is 4.04. The molecule has 6 heteroatoms. The van der Waals surface area contributed by atoms with Crippen molar-refractivity contribution < 1.29 is 9.90 Å². The van der Waals surface area contributed by atoms with E-state index in [0.717, 1.165) is 34.3 Å². The summed E-state index contributed by atoms with van der Waals surface area (Å²) in [6.07, 6.45) is 1.26. The van der Waals surface area contributed by atoms with Gasteiger partial charge in [0.2, 0.25) is 5.91 Å². The number of halogens is 1. The lowest BCUT2D eigenvalue weighted by Crippen LogP contribution is -2.49. The highest BCUT2D eigenvalue weighted by Crippen LogP contribution is 2.30. The van der Waals surface area contributed by atoms with Gasteiger partial charge < -0.3 is 15.7 Å².